The van der Waals surface area contributed by atoms with Crippen LogP contribution >= 0.6 is 0 Å². The number of fused-ring (bicyclic) bond motifs is 2. The highest BCUT2D eigenvalue weighted by Gasteiger charge is 2.21. The number of hydrogen-bond donors (Lipinski definition) is 1. The monoisotopic (exact) mass is 375 g/mol. The van der Waals surface area contributed by atoms with Crippen LogP contribution in [0.1, 0.15) is 52.5 Å². The number of anilines is 1. The minimum Gasteiger partial charge on any atom is -0.476 e. The molecule has 0 radical (unpaired) electrons. The van der Waals surface area contributed by atoms with Crippen LogP contribution in [0.3, 0.4) is 0 Å². The fourth-order valence-electron chi connectivity index (χ4n) is 3.76. The molecular weight excluding hydrogens is 350 g/mol. The van der Waals surface area contributed by atoms with Gasteiger partial charge < -0.3 is 10.1 Å². The summed E-state index contributed by atoms with van der Waals surface area (Å²) in [4.78, 5) is 22.3. The molecule has 1 N–H and O–H groups in total. The molecule has 1 aliphatic rings. The lowest BCUT2D eigenvalue weighted by molar-refractivity contribution is 0.101. The molecule has 28 heavy (non-hydrogen) atoms. The Labute approximate surface area is 165 Å². The van der Waals surface area contributed by atoms with E-state index in [0.29, 0.717) is 12.1 Å². The lowest BCUT2D eigenvalue weighted by Gasteiger charge is -2.19. The molecule has 5 nitrogen and oxygen atoms in total. The van der Waals surface area contributed by atoms with Crippen LogP contribution < -0.4 is 10.1 Å². The molecule has 1 amide bonds. The molecule has 0 aliphatic heterocycles. The van der Waals surface area contributed by atoms with E-state index in [1.165, 1.54) is 17.5 Å². The Morgan fingerprint density at radius 2 is 1.79 bits per heavy atom. The average molecular weight is 375 g/mol. The number of aryl methyl sites for hydroxylation is 3. The summed E-state index contributed by atoms with van der Waals surface area (Å²) in [6.07, 6.45) is 4.41. The van der Waals surface area contributed by atoms with Crippen LogP contribution in [0.4, 0.5) is 5.69 Å². The number of nitrogens with one attached hydrogen (secondary N) is 1. The molecule has 1 heterocycles. The lowest BCUT2D eigenvalue weighted by Crippen LogP contribution is -2.18. The lowest BCUT2D eigenvalue weighted by atomic mass is 9.90. The van der Waals surface area contributed by atoms with E-state index in [4.69, 9.17) is 4.74 Å². The molecule has 0 bridgehead atoms. The van der Waals surface area contributed by atoms with Crippen molar-refractivity contribution in [3.8, 4) is 5.88 Å². The second-order valence-electron chi connectivity index (χ2n) is 7.34. The Kier molecular flexibility index (Phi) is 4.99. The van der Waals surface area contributed by atoms with Crippen LogP contribution in [0.2, 0.25) is 0 Å². The fourth-order valence-corrected chi connectivity index (χ4v) is 3.76. The predicted octanol–water partition coefficient (Wildman–Crippen LogP) is 4.78. The van der Waals surface area contributed by atoms with Gasteiger partial charge in [0.2, 0.25) is 5.88 Å². The normalized spacial score (nSPS) is 13.2. The van der Waals surface area contributed by atoms with Crippen molar-refractivity contribution < 1.29 is 9.53 Å². The third kappa shape index (κ3) is 3.44. The highest BCUT2D eigenvalue weighted by atomic mass is 16.5. The molecule has 0 atom stereocenters. The first-order valence-corrected chi connectivity index (χ1v) is 9.90. The maximum absolute atomic E-state index is 13.1. The summed E-state index contributed by atoms with van der Waals surface area (Å²) in [6.45, 7) is 6.37. The molecule has 1 aromatic heterocycles. The van der Waals surface area contributed by atoms with E-state index in [1.54, 1.807) is 0 Å². The number of rotatable bonds is 4. The first-order valence-electron chi connectivity index (χ1n) is 9.90. The minimum absolute atomic E-state index is 0.228. The van der Waals surface area contributed by atoms with Crippen LogP contribution in [0.25, 0.3) is 11.0 Å². The maximum Gasteiger partial charge on any atom is 0.279 e. The molecule has 0 unspecified atom stereocenters. The van der Waals surface area contributed by atoms with Gasteiger partial charge in [-0.1, -0.05) is 12.1 Å². The van der Waals surface area contributed by atoms with Crippen LogP contribution in [0.15, 0.2) is 30.3 Å². The Balaban J connectivity index is 1.74. The van der Waals surface area contributed by atoms with Crippen molar-refractivity contribution >= 4 is 22.6 Å². The molecule has 2 aromatic carbocycles. The van der Waals surface area contributed by atoms with E-state index in [2.05, 4.69) is 21.4 Å². The van der Waals surface area contributed by atoms with Crippen molar-refractivity contribution in [1.29, 1.82) is 0 Å². The fraction of sp³-hybridized carbons (Fsp3) is 0.348. The van der Waals surface area contributed by atoms with E-state index in [0.717, 1.165) is 41.6 Å². The van der Waals surface area contributed by atoms with E-state index in [1.807, 2.05) is 45.0 Å². The zero-order valence-corrected chi connectivity index (χ0v) is 16.6. The number of hydrogen-bond acceptors (Lipinski definition) is 4. The van der Waals surface area contributed by atoms with Gasteiger partial charge >= 0.3 is 0 Å². The first kappa shape index (κ1) is 18.4. The molecule has 5 heteroatoms. The van der Waals surface area contributed by atoms with E-state index in [9.17, 15) is 4.79 Å². The van der Waals surface area contributed by atoms with Gasteiger partial charge in [0.25, 0.3) is 5.91 Å². The zero-order chi connectivity index (χ0) is 19.7. The van der Waals surface area contributed by atoms with E-state index >= 15 is 0 Å². The van der Waals surface area contributed by atoms with Crippen LogP contribution in [-0.4, -0.2) is 22.5 Å². The van der Waals surface area contributed by atoms with Crippen molar-refractivity contribution in [3.05, 3.63) is 58.3 Å². The Morgan fingerprint density at radius 1 is 1.07 bits per heavy atom. The molecule has 0 saturated heterocycles. The minimum atomic E-state index is -0.282. The average Bonchev–Trinajstić information content (AvgIpc) is 2.69. The number of benzene rings is 2. The summed E-state index contributed by atoms with van der Waals surface area (Å²) in [5.74, 6) is -0.00407. The number of nitrogens with zero attached hydrogens (tertiary/aromatic N) is 2. The second-order valence-corrected chi connectivity index (χ2v) is 7.34. The SMILES string of the molecule is CCOc1nc2cc(C)c(C)cc2nc1C(=O)Nc1cccc2c1CCCC2. The Morgan fingerprint density at radius 3 is 2.54 bits per heavy atom. The van der Waals surface area contributed by atoms with E-state index < -0.39 is 0 Å². The molecule has 4 rings (SSSR count). The van der Waals surface area contributed by atoms with Gasteiger partial charge in [-0.25, -0.2) is 9.97 Å². The maximum atomic E-state index is 13.1. The molecule has 0 saturated carbocycles. The summed E-state index contributed by atoms with van der Waals surface area (Å²) in [6, 6.07) is 10.1. The summed E-state index contributed by atoms with van der Waals surface area (Å²) in [7, 11) is 0. The summed E-state index contributed by atoms with van der Waals surface area (Å²) < 4.78 is 5.65. The highest BCUT2D eigenvalue weighted by Crippen LogP contribution is 2.29. The summed E-state index contributed by atoms with van der Waals surface area (Å²) in [5, 5.41) is 3.05. The molecular formula is C23H25N3O2. The third-order valence-electron chi connectivity index (χ3n) is 5.39. The number of carbonyl (C=O) groups is 1. The van der Waals surface area contributed by atoms with Gasteiger partial charge in [-0.15, -0.1) is 0 Å². The largest absolute Gasteiger partial charge is 0.476 e. The highest BCUT2D eigenvalue weighted by molar-refractivity contribution is 6.05. The second kappa shape index (κ2) is 7.58. The van der Waals surface area contributed by atoms with Gasteiger partial charge in [-0.2, -0.15) is 0 Å². The van der Waals surface area contributed by atoms with E-state index in [-0.39, 0.29) is 17.5 Å². The number of aromatic nitrogens is 2. The van der Waals surface area contributed by atoms with Gasteiger partial charge in [0.05, 0.1) is 17.6 Å². The number of amides is 1. The van der Waals surface area contributed by atoms with Crippen molar-refractivity contribution in [3.63, 3.8) is 0 Å². The molecule has 1 aliphatic carbocycles. The molecule has 3 aromatic rings. The zero-order valence-electron chi connectivity index (χ0n) is 16.6. The standard InChI is InChI=1S/C23H25N3O2/c1-4-28-23-21(24-19-12-14(2)15(3)13-20(19)26-23)22(27)25-18-11-7-9-16-8-5-6-10-17(16)18/h7,9,11-13H,4-6,8,10H2,1-3H3,(H,25,27). The van der Waals surface area contributed by atoms with Gasteiger partial charge in [0.1, 0.15) is 0 Å². The number of ether oxygens (including phenoxy) is 1. The van der Waals surface area contributed by atoms with Crippen LogP contribution in [0, 0.1) is 13.8 Å². The number of carbonyl (C=O) groups excluding carboxylic acids is 1. The molecule has 0 fully saturated rings. The summed E-state index contributed by atoms with van der Waals surface area (Å²) >= 11 is 0. The van der Waals surface area contributed by atoms with Crippen molar-refractivity contribution in [2.24, 2.45) is 0 Å². The van der Waals surface area contributed by atoms with Gasteiger partial charge in [-0.3, -0.25) is 4.79 Å². The van der Waals surface area contributed by atoms with Gasteiger partial charge in [0.15, 0.2) is 5.69 Å². The van der Waals surface area contributed by atoms with Crippen molar-refractivity contribution in [1.82, 2.24) is 9.97 Å². The van der Waals surface area contributed by atoms with Gasteiger partial charge in [-0.05, 0) is 86.9 Å². The topological polar surface area (TPSA) is 64.1 Å². The predicted molar refractivity (Wildman–Crippen MR) is 111 cm³/mol. The van der Waals surface area contributed by atoms with Crippen molar-refractivity contribution in [2.75, 3.05) is 11.9 Å². The Hall–Kier alpha value is -2.95. The smallest absolute Gasteiger partial charge is 0.279 e. The molecule has 144 valence electrons. The Bertz CT molecular complexity index is 1060. The van der Waals surface area contributed by atoms with Crippen LogP contribution in [0.5, 0.6) is 5.88 Å². The molecule has 0 spiro atoms. The van der Waals surface area contributed by atoms with Crippen LogP contribution in [-0.2, 0) is 12.8 Å². The van der Waals surface area contributed by atoms with Crippen molar-refractivity contribution in [2.45, 2.75) is 46.5 Å². The summed E-state index contributed by atoms with van der Waals surface area (Å²) in [5.41, 5.74) is 7.35. The first-order chi connectivity index (χ1) is 13.6. The third-order valence-corrected chi connectivity index (χ3v) is 5.39. The van der Waals surface area contributed by atoms with Gasteiger partial charge in [0, 0.05) is 5.69 Å². The quantitative estimate of drug-likeness (QED) is 0.713.